The summed E-state index contributed by atoms with van der Waals surface area (Å²) in [6.45, 7) is 8.35. The van der Waals surface area contributed by atoms with E-state index in [0.717, 1.165) is 32.4 Å². The van der Waals surface area contributed by atoms with Gasteiger partial charge in [-0.2, -0.15) is 5.26 Å². The van der Waals surface area contributed by atoms with Gasteiger partial charge in [0.15, 0.2) is 0 Å². The van der Waals surface area contributed by atoms with Crippen LogP contribution in [0.4, 0.5) is 0 Å². The fourth-order valence-electron chi connectivity index (χ4n) is 2.45. The van der Waals surface area contributed by atoms with Gasteiger partial charge in [0.1, 0.15) is 5.41 Å². The standard InChI is InChI=1S/C13H20N2O/c1-12(2,3)10-4-7-15(8-10)11(16)13(9-14)5-6-13/h10H,4-8H2,1-3H3. The highest BCUT2D eigenvalue weighted by atomic mass is 16.2. The maximum atomic E-state index is 12.1. The number of carbonyl (C=O) groups excluding carboxylic acids is 1. The second-order valence-electron chi connectivity index (χ2n) is 6.30. The fraction of sp³-hybridized carbons (Fsp3) is 0.846. The third-order valence-corrected chi connectivity index (χ3v) is 4.07. The minimum atomic E-state index is -0.632. The molecule has 3 nitrogen and oxygen atoms in total. The maximum Gasteiger partial charge on any atom is 0.243 e. The van der Waals surface area contributed by atoms with Gasteiger partial charge < -0.3 is 4.90 Å². The van der Waals surface area contributed by atoms with Crippen LogP contribution in [0.3, 0.4) is 0 Å². The van der Waals surface area contributed by atoms with Crippen molar-refractivity contribution in [2.75, 3.05) is 13.1 Å². The van der Waals surface area contributed by atoms with Crippen molar-refractivity contribution in [2.45, 2.75) is 40.0 Å². The summed E-state index contributed by atoms with van der Waals surface area (Å²) in [5, 5.41) is 9.02. The van der Waals surface area contributed by atoms with Gasteiger partial charge in [-0.25, -0.2) is 0 Å². The van der Waals surface area contributed by atoms with Crippen LogP contribution in [0.5, 0.6) is 0 Å². The Labute approximate surface area is 97.4 Å². The molecule has 0 radical (unpaired) electrons. The molecule has 0 N–H and O–H groups in total. The highest BCUT2D eigenvalue weighted by Crippen LogP contribution is 2.47. The van der Waals surface area contributed by atoms with Gasteiger partial charge in [0.2, 0.25) is 5.91 Å². The van der Waals surface area contributed by atoms with Crippen molar-refractivity contribution in [3.63, 3.8) is 0 Å². The lowest BCUT2D eigenvalue weighted by Gasteiger charge is -2.27. The first-order valence-corrected chi connectivity index (χ1v) is 6.10. The van der Waals surface area contributed by atoms with E-state index in [1.165, 1.54) is 0 Å². The zero-order valence-corrected chi connectivity index (χ0v) is 10.4. The van der Waals surface area contributed by atoms with E-state index in [0.29, 0.717) is 5.92 Å². The molecule has 88 valence electrons. The first-order valence-electron chi connectivity index (χ1n) is 6.10. The molecule has 2 rings (SSSR count). The molecule has 1 heterocycles. The fourth-order valence-corrected chi connectivity index (χ4v) is 2.45. The van der Waals surface area contributed by atoms with Crippen molar-refractivity contribution in [3.05, 3.63) is 0 Å². The predicted octanol–water partition coefficient (Wildman–Crippen LogP) is 2.18. The molecule has 0 bridgehead atoms. The summed E-state index contributed by atoms with van der Waals surface area (Å²) >= 11 is 0. The third kappa shape index (κ3) is 1.81. The Hall–Kier alpha value is -1.04. The van der Waals surface area contributed by atoms with E-state index in [2.05, 4.69) is 26.8 Å². The summed E-state index contributed by atoms with van der Waals surface area (Å²) < 4.78 is 0. The molecular weight excluding hydrogens is 200 g/mol. The predicted molar refractivity (Wildman–Crippen MR) is 61.4 cm³/mol. The average Bonchev–Trinajstić information content (AvgIpc) is 2.84. The molecular formula is C13H20N2O. The molecule has 0 aromatic heterocycles. The minimum Gasteiger partial charge on any atom is -0.341 e. The van der Waals surface area contributed by atoms with E-state index >= 15 is 0 Å². The first kappa shape index (κ1) is 11.4. The lowest BCUT2D eigenvalue weighted by Crippen LogP contribution is -2.36. The third-order valence-electron chi connectivity index (χ3n) is 4.07. The van der Waals surface area contributed by atoms with Crippen LogP contribution in [0.1, 0.15) is 40.0 Å². The monoisotopic (exact) mass is 220 g/mol. The molecule has 1 aliphatic carbocycles. The van der Waals surface area contributed by atoms with Gasteiger partial charge in [-0.15, -0.1) is 0 Å². The van der Waals surface area contributed by atoms with Gasteiger partial charge in [0.05, 0.1) is 6.07 Å². The van der Waals surface area contributed by atoms with Crippen LogP contribution in [0.25, 0.3) is 0 Å². The molecule has 1 atom stereocenters. The first-order chi connectivity index (χ1) is 7.39. The minimum absolute atomic E-state index is 0.0850. The Kier molecular flexibility index (Phi) is 2.49. The second-order valence-corrected chi connectivity index (χ2v) is 6.30. The number of rotatable bonds is 1. The molecule has 1 aliphatic heterocycles. The number of carbonyl (C=O) groups is 1. The van der Waals surface area contributed by atoms with E-state index in [-0.39, 0.29) is 11.3 Å². The Bertz CT molecular complexity index is 344. The number of nitriles is 1. The molecule has 1 saturated heterocycles. The van der Waals surface area contributed by atoms with Crippen molar-refractivity contribution >= 4 is 5.91 Å². The Morgan fingerprint density at radius 1 is 1.44 bits per heavy atom. The highest BCUT2D eigenvalue weighted by molar-refractivity contribution is 5.88. The zero-order chi connectivity index (χ0) is 12.0. The van der Waals surface area contributed by atoms with E-state index in [4.69, 9.17) is 5.26 Å². The molecule has 2 fully saturated rings. The van der Waals surface area contributed by atoms with Crippen LogP contribution in [0.15, 0.2) is 0 Å². The summed E-state index contributed by atoms with van der Waals surface area (Å²) in [5.74, 6) is 0.660. The van der Waals surface area contributed by atoms with Crippen LogP contribution in [0, 0.1) is 28.1 Å². The molecule has 1 amide bonds. The van der Waals surface area contributed by atoms with Crippen LogP contribution >= 0.6 is 0 Å². The quantitative estimate of drug-likeness (QED) is 0.680. The van der Waals surface area contributed by atoms with Crippen molar-refractivity contribution in [1.29, 1.82) is 5.26 Å². The summed E-state index contributed by atoms with van der Waals surface area (Å²) in [6, 6.07) is 2.19. The average molecular weight is 220 g/mol. The molecule has 0 spiro atoms. The lowest BCUT2D eigenvalue weighted by atomic mass is 9.80. The molecule has 2 aliphatic rings. The highest BCUT2D eigenvalue weighted by Gasteiger charge is 2.53. The van der Waals surface area contributed by atoms with Gasteiger partial charge in [-0.05, 0) is 30.6 Å². The number of likely N-dealkylation sites (tertiary alicyclic amines) is 1. The number of amides is 1. The Morgan fingerprint density at radius 3 is 2.44 bits per heavy atom. The number of hydrogen-bond donors (Lipinski definition) is 0. The van der Waals surface area contributed by atoms with Gasteiger partial charge in [0, 0.05) is 13.1 Å². The smallest absolute Gasteiger partial charge is 0.243 e. The molecule has 1 saturated carbocycles. The Morgan fingerprint density at radius 2 is 2.06 bits per heavy atom. The summed E-state index contributed by atoms with van der Waals surface area (Å²) in [6.07, 6.45) is 2.61. The van der Waals surface area contributed by atoms with Gasteiger partial charge in [-0.3, -0.25) is 4.79 Å². The molecule has 3 heteroatoms. The van der Waals surface area contributed by atoms with Gasteiger partial charge in [-0.1, -0.05) is 20.8 Å². The zero-order valence-electron chi connectivity index (χ0n) is 10.4. The van der Waals surface area contributed by atoms with Gasteiger partial charge in [0.25, 0.3) is 0 Å². The van der Waals surface area contributed by atoms with Crippen molar-refractivity contribution in [3.8, 4) is 6.07 Å². The molecule has 0 aromatic rings. The normalized spacial score (nSPS) is 27.6. The maximum absolute atomic E-state index is 12.1. The van der Waals surface area contributed by atoms with E-state index in [1.807, 2.05) is 4.90 Å². The topological polar surface area (TPSA) is 44.1 Å². The van der Waals surface area contributed by atoms with Crippen LogP contribution in [-0.4, -0.2) is 23.9 Å². The Balaban J connectivity index is 2.00. The number of nitrogens with zero attached hydrogens (tertiary/aromatic N) is 2. The van der Waals surface area contributed by atoms with Gasteiger partial charge >= 0.3 is 0 Å². The van der Waals surface area contributed by atoms with E-state index in [1.54, 1.807) is 0 Å². The largest absolute Gasteiger partial charge is 0.341 e. The van der Waals surface area contributed by atoms with E-state index in [9.17, 15) is 4.79 Å². The van der Waals surface area contributed by atoms with Crippen LogP contribution < -0.4 is 0 Å². The summed E-state index contributed by atoms with van der Waals surface area (Å²) in [5.41, 5.74) is -0.370. The summed E-state index contributed by atoms with van der Waals surface area (Å²) in [7, 11) is 0. The lowest BCUT2D eigenvalue weighted by molar-refractivity contribution is -0.134. The number of hydrogen-bond acceptors (Lipinski definition) is 2. The molecule has 1 unspecified atom stereocenters. The van der Waals surface area contributed by atoms with Crippen molar-refractivity contribution in [2.24, 2.45) is 16.7 Å². The molecule has 0 aromatic carbocycles. The van der Waals surface area contributed by atoms with E-state index < -0.39 is 5.41 Å². The van der Waals surface area contributed by atoms with Crippen molar-refractivity contribution < 1.29 is 4.79 Å². The van der Waals surface area contributed by atoms with Crippen LogP contribution in [-0.2, 0) is 4.79 Å². The van der Waals surface area contributed by atoms with Crippen LogP contribution in [0.2, 0.25) is 0 Å². The SMILES string of the molecule is CC(C)(C)C1CCN(C(=O)C2(C#N)CC2)C1. The van der Waals surface area contributed by atoms with Crippen molar-refractivity contribution in [1.82, 2.24) is 4.90 Å². The molecule has 16 heavy (non-hydrogen) atoms. The second kappa shape index (κ2) is 3.48. The summed E-state index contributed by atoms with van der Waals surface area (Å²) in [4.78, 5) is 14.0.